The molecule has 0 spiro atoms. The van der Waals surface area contributed by atoms with E-state index in [9.17, 15) is 0 Å². The van der Waals surface area contributed by atoms with Crippen LogP contribution in [-0.4, -0.2) is 18.4 Å². The second-order valence-electron chi connectivity index (χ2n) is 13.7. The molecule has 8 aromatic rings. The Hall–Kier alpha value is -1.60. The molecule has 272 valence electrons. The average molecular weight is 948 g/mol. The summed E-state index contributed by atoms with van der Waals surface area (Å²) in [5, 5.41) is 18.4. The molecule has 0 aliphatic heterocycles. The predicted molar refractivity (Wildman–Crippen MR) is 252 cm³/mol. The van der Waals surface area contributed by atoms with Gasteiger partial charge in [0.15, 0.2) is 0 Å². The SMILES string of the molecule is CCC[CH2][Sn]([CH2]CCC)([CH2]CCC)[c]1ccsc1-c1sccc1-c1sccc1-c1sccc1-c1sccc1-c1sccc1-c1sccc1-c1cccs1. The van der Waals surface area contributed by atoms with Crippen molar-refractivity contribution < 1.29 is 0 Å². The average Bonchev–Trinajstić information content (AvgIpc) is 4.03. The van der Waals surface area contributed by atoms with Crippen molar-refractivity contribution in [2.45, 2.75) is 72.6 Å². The van der Waals surface area contributed by atoms with Crippen molar-refractivity contribution in [1.82, 2.24) is 0 Å². The Morgan fingerprint density at radius 3 is 1.13 bits per heavy atom. The molecule has 0 saturated heterocycles. The van der Waals surface area contributed by atoms with Gasteiger partial charge < -0.3 is 0 Å². The zero-order valence-electron chi connectivity index (χ0n) is 30.4. The van der Waals surface area contributed by atoms with Crippen LogP contribution in [0.1, 0.15) is 59.3 Å². The second-order valence-corrected chi connectivity index (χ2v) is 34.2. The van der Waals surface area contributed by atoms with E-state index in [0.717, 1.165) is 0 Å². The number of hydrogen-bond acceptors (Lipinski definition) is 8. The molecule has 0 saturated carbocycles. The molecule has 0 N–H and O–H groups in total. The van der Waals surface area contributed by atoms with E-state index in [1.807, 2.05) is 94.3 Å². The molecule has 8 rings (SSSR count). The van der Waals surface area contributed by atoms with Gasteiger partial charge in [0.1, 0.15) is 0 Å². The van der Waals surface area contributed by atoms with Crippen LogP contribution in [0.25, 0.3) is 72.4 Å². The summed E-state index contributed by atoms with van der Waals surface area (Å²) in [6.07, 6.45) is 8.12. The van der Waals surface area contributed by atoms with Crippen LogP contribution in [0.5, 0.6) is 0 Å². The molecule has 0 nitrogen and oxygen atoms in total. The van der Waals surface area contributed by atoms with Gasteiger partial charge in [-0.2, -0.15) is 0 Å². The first-order chi connectivity index (χ1) is 26.2. The van der Waals surface area contributed by atoms with Crippen LogP contribution in [0.2, 0.25) is 13.3 Å². The van der Waals surface area contributed by atoms with Gasteiger partial charge in [0.2, 0.25) is 0 Å². The van der Waals surface area contributed by atoms with E-state index in [4.69, 9.17) is 0 Å². The third-order valence-electron chi connectivity index (χ3n) is 10.5. The third-order valence-corrected chi connectivity index (χ3v) is 34.3. The number of hydrogen-bond donors (Lipinski definition) is 0. The Bertz CT molecular complexity index is 2320. The fourth-order valence-electron chi connectivity index (χ4n) is 7.82. The van der Waals surface area contributed by atoms with Crippen molar-refractivity contribution in [3.63, 3.8) is 0 Å². The maximum atomic E-state index is 2.60. The van der Waals surface area contributed by atoms with Gasteiger partial charge >= 0.3 is 277 Å². The number of thiophene rings is 8. The van der Waals surface area contributed by atoms with Gasteiger partial charge in [-0.15, -0.1) is 22.7 Å². The molecule has 0 aromatic carbocycles. The van der Waals surface area contributed by atoms with Gasteiger partial charge in [-0.05, 0) is 34.3 Å². The number of rotatable bonds is 17. The zero-order chi connectivity index (χ0) is 36.2. The van der Waals surface area contributed by atoms with Crippen molar-refractivity contribution >= 4 is 113 Å². The molecular weight excluding hydrogens is 904 g/mol. The van der Waals surface area contributed by atoms with Crippen LogP contribution in [0.15, 0.2) is 97.6 Å². The smallest absolute Gasteiger partial charge is 0.144 e. The van der Waals surface area contributed by atoms with Crippen LogP contribution < -0.4 is 3.58 Å². The third kappa shape index (κ3) is 7.63. The molecule has 0 bridgehead atoms. The Balaban J connectivity index is 1.17. The standard InChI is InChI=1S/C32H17S8.3C4H9.Sn/c1-3-25(33-11-1)19-5-13-35-27(19)20-6-14-36-28(20)21-7-15-37-29(21)22-8-16-38-30(22)23-9-17-39-31(23)24-10-18-40-32(24)26-4-2-12-34-26;3*1-3-4-2;/h1-3,5-18H;3*1,3-4H2,2H3;. The molecule has 53 heavy (non-hydrogen) atoms. The monoisotopic (exact) mass is 948 g/mol. The summed E-state index contributed by atoms with van der Waals surface area (Å²) >= 11 is 12.6. The van der Waals surface area contributed by atoms with E-state index in [1.54, 1.807) is 4.88 Å². The Morgan fingerprint density at radius 2 is 0.717 bits per heavy atom. The molecule has 9 heteroatoms. The van der Waals surface area contributed by atoms with Gasteiger partial charge in [0.05, 0.1) is 0 Å². The minimum Gasteiger partial charge on any atom is -0.144 e. The summed E-state index contributed by atoms with van der Waals surface area (Å²) in [6, 6.07) is 21.2. The molecule has 0 aliphatic rings. The molecule has 0 aliphatic carbocycles. The molecule has 8 aromatic heterocycles. The summed E-state index contributed by atoms with van der Waals surface area (Å²) in [5.74, 6) is 0. The van der Waals surface area contributed by atoms with E-state index in [-0.39, 0.29) is 0 Å². The minimum absolute atomic E-state index is 1.31. The van der Waals surface area contributed by atoms with Crippen LogP contribution in [0.4, 0.5) is 0 Å². The van der Waals surface area contributed by atoms with Crippen molar-refractivity contribution in [2.24, 2.45) is 0 Å². The van der Waals surface area contributed by atoms with Gasteiger partial charge in [0, 0.05) is 15.3 Å². The van der Waals surface area contributed by atoms with Crippen LogP contribution in [-0.2, 0) is 0 Å². The Morgan fingerprint density at radius 1 is 0.358 bits per heavy atom. The van der Waals surface area contributed by atoms with Crippen molar-refractivity contribution in [2.75, 3.05) is 0 Å². The van der Waals surface area contributed by atoms with Gasteiger partial charge in [-0.1, -0.05) is 6.07 Å². The van der Waals surface area contributed by atoms with Crippen LogP contribution in [0, 0.1) is 0 Å². The van der Waals surface area contributed by atoms with E-state index in [2.05, 4.69) is 118 Å². The first kappa shape index (κ1) is 38.3. The fraction of sp³-hybridized carbons (Fsp3) is 0.273. The summed E-state index contributed by atoms with van der Waals surface area (Å²) in [6.45, 7) is 7.18. The molecular formula is C44H44S8Sn. The van der Waals surface area contributed by atoms with E-state index in [0.29, 0.717) is 0 Å². The second kappa shape index (κ2) is 17.7. The van der Waals surface area contributed by atoms with Crippen LogP contribution in [0.3, 0.4) is 0 Å². The molecule has 0 fully saturated rings. The molecule has 0 radical (unpaired) electrons. The quantitative estimate of drug-likeness (QED) is 0.0798. The van der Waals surface area contributed by atoms with Crippen molar-refractivity contribution in [1.29, 1.82) is 0 Å². The number of unbranched alkanes of at least 4 members (excludes halogenated alkanes) is 3. The molecule has 0 unspecified atom stereocenters. The van der Waals surface area contributed by atoms with E-state index in [1.165, 1.54) is 119 Å². The first-order valence-corrected chi connectivity index (χ1v) is 33.3. The van der Waals surface area contributed by atoms with E-state index < -0.39 is 18.4 Å². The van der Waals surface area contributed by atoms with Crippen molar-refractivity contribution in [3.8, 4) is 72.4 Å². The first-order valence-electron chi connectivity index (χ1n) is 18.8. The minimum atomic E-state index is -2.64. The predicted octanol–water partition coefficient (Wildman–Crippen LogP) is 17.9. The summed E-state index contributed by atoms with van der Waals surface area (Å²) in [4.78, 5) is 11.4. The Kier molecular flexibility index (Phi) is 12.8. The normalized spacial score (nSPS) is 12.0. The zero-order valence-corrected chi connectivity index (χ0v) is 39.8. The molecule has 0 amide bonds. The van der Waals surface area contributed by atoms with Gasteiger partial charge in [-0.25, -0.2) is 0 Å². The maximum absolute atomic E-state index is 2.64. The summed E-state index contributed by atoms with van der Waals surface area (Å²) in [5.41, 5.74) is 8.26. The summed E-state index contributed by atoms with van der Waals surface area (Å²) < 4.78 is 6.36. The van der Waals surface area contributed by atoms with Crippen LogP contribution >= 0.6 is 90.7 Å². The van der Waals surface area contributed by atoms with E-state index >= 15 is 0 Å². The molecule has 8 heterocycles. The Labute approximate surface area is 351 Å². The summed E-state index contributed by atoms with van der Waals surface area (Å²) in [7, 11) is 0. The fourth-order valence-corrected chi connectivity index (χ4v) is 34.3. The van der Waals surface area contributed by atoms with Gasteiger partial charge in [-0.3, -0.25) is 0 Å². The molecule has 0 atom stereocenters. The van der Waals surface area contributed by atoms with Gasteiger partial charge in [0.25, 0.3) is 0 Å². The van der Waals surface area contributed by atoms with Crippen molar-refractivity contribution in [3.05, 3.63) is 97.6 Å². The topological polar surface area (TPSA) is 0 Å².